The van der Waals surface area contributed by atoms with Crippen molar-refractivity contribution in [1.82, 2.24) is 19.6 Å². The Kier molecular flexibility index (Phi) is 2.69. The fourth-order valence-corrected chi connectivity index (χ4v) is 2.97. The molecule has 2 N–H and O–H groups in total. The number of benzene rings is 2. The number of nitrogens with zero attached hydrogens (tertiary/aromatic N) is 3. The number of halogens is 1. The molecule has 0 amide bonds. The maximum Gasteiger partial charge on any atom is 0.253 e. The summed E-state index contributed by atoms with van der Waals surface area (Å²) in [5.41, 5.74) is 3.52. The van der Waals surface area contributed by atoms with Gasteiger partial charge >= 0.3 is 0 Å². The minimum atomic E-state index is 0.236. The van der Waals surface area contributed by atoms with Gasteiger partial charge in [0.15, 0.2) is 11.5 Å². The zero-order valence-electron chi connectivity index (χ0n) is 12.6. The summed E-state index contributed by atoms with van der Waals surface area (Å²) in [6.45, 7) is 2.19. The van der Waals surface area contributed by atoms with Gasteiger partial charge in [-0.15, -0.1) is 0 Å². The predicted molar refractivity (Wildman–Crippen MR) is 90.4 cm³/mol. The van der Waals surface area contributed by atoms with Gasteiger partial charge in [0.05, 0.1) is 11.0 Å². The second kappa shape index (κ2) is 4.78. The quantitative estimate of drug-likeness (QED) is 0.582. The Morgan fingerprint density at radius 1 is 1.21 bits per heavy atom. The number of nitrogens with one attached hydrogen (secondary N) is 2. The Labute approximate surface area is 141 Å². The van der Waals surface area contributed by atoms with Gasteiger partial charge in [-0.3, -0.25) is 5.10 Å². The first-order valence-corrected chi connectivity index (χ1v) is 7.77. The maximum absolute atomic E-state index is 6.16. The maximum atomic E-state index is 6.16. The summed E-state index contributed by atoms with van der Waals surface area (Å²) in [4.78, 5) is 8.99. The van der Waals surface area contributed by atoms with E-state index in [0.29, 0.717) is 28.2 Å². The zero-order valence-corrected chi connectivity index (χ0v) is 13.4. The van der Waals surface area contributed by atoms with Crippen LogP contribution in [-0.2, 0) is 0 Å². The molecule has 5 rings (SSSR count). The Bertz CT molecular complexity index is 1100. The first kappa shape index (κ1) is 13.5. The first-order chi connectivity index (χ1) is 11.7. The van der Waals surface area contributed by atoms with Crippen molar-refractivity contribution >= 4 is 40.0 Å². The van der Waals surface area contributed by atoms with E-state index in [-0.39, 0.29) is 6.79 Å². The molecule has 0 spiro atoms. The van der Waals surface area contributed by atoms with Gasteiger partial charge in [-0.2, -0.15) is 4.98 Å². The number of aromatic amines is 1. The average molecular weight is 342 g/mol. The second-order valence-corrected chi connectivity index (χ2v) is 5.96. The Morgan fingerprint density at radius 3 is 2.92 bits per heavy atom. The Hall–Kier alpha value is -2.93. The van der Waals surface area contributed by atoms with Gasteiger partial charge in [-0.05, 0) is 24.6 Å². The van der Waals surface area contributed by atoms with Crippen LogP contribution >= 0.6 is 11.6 Å². The molecule has 0 saturated heterocycles. The van der Waals surface area contributed by atoms with Crippen molar-refractivity contribution in [2.24, 2.45) is 0 Å². The van der Waals surface area contributed by atoms with E-state index in [4.69, 9.17) is 21.1 Å². The normalized spacial score (nSPS) is 13.1. The Balaban J connectivity index is 1.60. The van der Waals surface area contributed by atoms with Crippen molar-refractivity contribution < 1.29 is 9.47 Å². The van der Waals surface area contributed by atoms with E-state index < -0.39 is 0 Å². The van der Waals surface area contributed by atoms with Gasteiger partial charge in [0.1, 0.15) is 0 Å². The molecule has 0 fully saturated rings. The minimum Gasteiger partial charge on any atom is -0.454 e. The van der Waals surface area contributed by atoms with Crippen LogP contribution in [0.1, 0.15) is 5.56 Å². The summed E-state index contributed by atoms with van der Waals surface area (Å²) in [6, 6.07) is 9.44. The smallest absolute Gasteiger partial charge is 0.253 e. The topological polar surface area (TPSA) is 76.5 Å². The lowest BCUT2D eigenvalue weighted by Gasteiger charge is -2.07. The highest BCUT2D eigenvalue weighted by atomic mass is 35.5. The first-order valence-electron chi connectivity index (χ1n) is 7.39. The molecule has 8 heteroatoms. The fourth-order valence-electron chi connectivity index (χ4n) is 2.80. The van der Waals surface area contributed by atoms with Crippen LogP contribution in [-0.4, -0.2) is 26.4 Å². The highest BCUT2D eigenvalue weighted by molar-refractivity contribution is 6.31. The molecule has 0 radical (unpaired) electrons. The largest absolute Gasteiger partial charge is 0.454 e. The molecular formula is C16H12ClN5O2. The molecular weight excluding hydrogens is 330 g/mol. The molecule has 0 atom stereocenters. The van der Waals surface area contributed by atoms with Crippen LogP contribution in [0.3, 0.4) is 0 Å². The van der Waals surface area contributed by atoms with Crippen molar-refractivity contribution in [1.29, 1.82) is 0 Å². The molecule has 0 saturated carbocycles. The van der Waals surface area contributed by atoms with Gasteiger partial charge in [0, 0.05) is 22.8 Å². The van der Waals surface area contributed by atoms with E-state index in [1.54, 1.807) is 4.52 Å². The van der Waals surface area contributed by atoms with Crippen molar-refractivity contribution in [3.63, 3.8) is 0 Å². The van der Waals surface area contributed by atoms with Gasteiger partial charge in [-0.1, -0.05) is 17.7 Å². The number of anilines is 2. The third-order valence-electron chi connectivity index (χ3n) is 4.08. The van der Waals surface area contributed by atoms with Gasteiger partial charge < -0.3 is 14.8 Å². The molecule has 24 heavy (non-hydrogen) atoms. The van der Waals surface area contributed by atoms with Gasteiger partial charge in [0.25, 0.3) is 5.78 Å². The molecule has 0 unspecified atom stereocenters. The summed E-state index contributed by atoms with van der Waals surface area (Å²) in [5, 5.41) is 7.14. The second-order valence-electron chi connectivity index (χ2n) is 5.55. The summed E-state index contributed by atoms with van der Waals surface area (Å²) in [7, 11) is 0. The van der Waals surface area contributed by atoms with Crippen molar-refractivity contribution in [2.45, 2.75) is 6.92 Å². The summed E-state index contributed by atoms with van der Waals surface area (Å²) < 4.78 is 12.6. The standard InChI is InChI=1S/C16H12ClN5O2/c1-8-9(17)3-2-4-10(8)18-15-20-16-19-11-5-13-14(24-7-23-13)6-12(11)22(16)21-15/h2-6H,7H2,1H3,(H2,18,19,20,21). The molecule has 120 valence electrons. The van der Waals surface area contributed by atoms with E-state index in [9.17, 15) is 0 Å². The molecule has 2 aromatic heterocycles. The summed E-state index contributed by atoms with van der Waals surface area (Å²) >= 11 is 6.16. The molecule has 2 aromatic carbocycles. The van der Waals surface area contributed by atoms with Crippen LogP contribution in [0.25, 0.3) is 16.8 Å². The molecule has 1 aliphatic rings. The van der Waals surface area contributed by atoms with E-state index in [1.165, 1.54) is 0 Å². The zero-order chi connectivity index (χ0) is 16.3. The number of H-pyrrole nitrogens is 1. The van der Waals surface area contributed by atoms with Gasteiger partial charge in [-0.25, -0.2) is 9.50 Å². The van der Waals surface area contributed by atoms with Crippen LogP contribution in [0.4, 0.5) is 11.6 Å². The molecule has 7 nitrogen and oxygen atoms in total. The third kappa shape index (κ3) is 1.91. The number of fused-ring (bicyclic) bond motifs is 4. The lowest BCUT2D eigenvalue weighted by Crippen LogP contribution is -1.96. The summed E-state index contributed by atoms with van der Waals surface area (Å²) in [5.74, 6) is 2.56. The van der Waals surface area contributed by atoms with Gasteiger partial charge in [0.2, 0.25) is 12.7 Å². The fraction of sp³-hybridized carbons (Fsp3) is 0.125. The monoisotopic (exact) mass is 341 g/mol. The SMILES string of the molecule is Cc1c(Cl)cccc1Nc1nc2nc3cc4c(cc3n2[nH]1)OCO4. The van der Waals surface area contributed by atoms with Crippen LogP contribution in [0.5, 0.6) is 11.5 Å². The molecule has 3 heterocycles. The lowest BCUT2D eigenvalue weighted by molar-refractivity contribution is 0.174. The van der Waals surface area contributed by atoms with Crippen LogP contribution in [0, 0.1) is 6.92 Å². The number of imidazole rings is 1. The predicted octanol–water partition coefficient (Wildman–Crippen LogP) is 3.64. The molecule has 1 aliphatic heterocycles. The number of rotatable bonds is 2. The van der Waals surface area contributed by atoms with Crippen LogP contribution < -0.4 is 14.8 Å². The van der Waals surface area contributed by atoms with E-state index in [2.05, 4.69) is 20.4 Å². The minimum absolute atomic E-state index is 0.236. The Morgan fingerprint density at radius 2 is 2.04 bits per heavy atom. The number of hydrogen-bond donors (Lipinski definition) is 2. The van der Waals surface area contributed by atoms with Crippen LogP contribution in [0.15, 0.2) is 30.3 Å². The number of aromatic nitrogens is 4. The summed E-state index contributed by atoms with van der Waals surface area (Å²) in [6.07, 6.45) is 0. The number of ether oxygens (including phenoxy) is 2. The highest BCUT2D eigenvalue weighted by Gasteiger charge is 2.18. The van der Waals surface area contributed by atoms with E-state index in [1.807, 2.05) is 37.3 Å². The molecule has 4 aromatic rings. The lowest BCUT2D eigenvalue weighted by atomic mass is 10.2. The number of hydrogen-bond acceptors (Lipinski definition) is 5. The molecule has 0 aliphatic carbocycles. The third-order valence-corrected chi connectivity index (χ3v) is 4.49. The molecule has 0 bridgehead atoms. The average Bonchev–Trinajstić information content (AvgIpc) is 3.23. The van der Waals surface area contributed by atoms with Crippen molar-refractivity contribution in [2.75, 3.05) is 12.1 Å². The highest BCUT2D eigenvalue weighted by Crippen LogP contribution is 2.36. The van der Waals surface area contributed by atoms with Crippen molar-refractivity contribution in [3.05, 3.63) is 40.9 Å². The van der Waals surface area contributed by atoms with Crippen LogP contribution in [0.2, 0.25) is 5.02 Å². The van der Waals surface area contributed by atoms with E-state index in [0.717, 1.165) is 22.3 Å². The van der Waals surface area contributed by atoms with Crippen molar-refractivity contribution in [3.8, 4) is 11.5 Å². The van der Waals surface area contributed by atoms with E-state index >= 15 is 0 Å².